The van der Waals surface area contributed by atoms with Gasteiger partial charge >= 0.3 is 0 Å². The lowest BCUT2D eigenvalue weighted by Gasteiger charge is -2.03. The first kappa shape index (κ1) is 12.2. The maximum atomic E-state index is 11.3. The SMILES string of the molecule is NNC(=O)c1ccc(Cn2nnc3ccccc32)nc1. The molecule has 0 bridgehead atoms. The van der Waals surface area contributed by atoms with Crippen molar-refractivity contribution in [2.24, 2.45) is 5.84 Å². The average Bonchev–Trinajstić information content (AvgIpc) is 2.91. The first-order valence-corrected chi connectivity index (χ1v) is 6.02. The average molecular weight is 268 g/mol. The van der Waals surface area contributed by atoms with Gasteiger partial charge in [-0.15, -0.1) is 5.10 Å². The molecule has 0 aliphatic heterocycles. The molecule has 0 fully saturated rings. The Labute approximate surface area is 114 Å². The van der Waals surface area contributed by atoms with Crippen LogP contribution in [0.5, 0.6) is 0 Å². The lowest BCUT2D eigenvalue weighted by molar-refractivity contribution is 0.0953. The summed E-state index contributed by atoms with van der Waals surface area (Å²) in [4.78, 5) is 15.5. The Bertz CT molecular complexity index is 749. The number of carbonyl (C=O) groups is 1. The minimum Gasteiger partial charge on any atom is -0.290 e. The summed E-state index contributed by atoms with van der Waals surface area (Å²) >= 11 is 0. The number of nitrogens with two attached hydrogens (primary N) is 1. The van der Waals surface area contributed by atoms with E-state index in [1.165, 1.54) is 6.20 Å². The number of rotatable bonds is 3. The van der Waals surface area contributed by atoms with E-state index in [4.69, 9.17) is 5.84 Å². The zero-order valence-corrected chi connectivity index (χ0v) is 10.5. The van der Waals surface area contributed by atoms with Gasteiger partial charge in [0.1, 0.15) is 5.52 Å². The van der Waals surface area contributed by atoms with Crippen LogP contribution in [0.4, 0.5) is 0 Å². The number of amides is 1. The number of carbonyl (C=O) groups excluding carboxylic acids is 1. The molecule has 0 saturated carbocycles. The van der Waals surface area contributed by atoms with Crippen LogP contribution >= 0.6 is 0 Å². The number of para-hydroxylation sites is 1. The van der Waals surface area contributed by atoms with Gasteiger partial charge in [-0.3, -0.25) is 15.2 Å². The van der Waals surface area contributed by atoms with E-state index in [1.807, 2.05) is 24.3 Å². The summed E-state index contributed by atoms with van der Waals surface area (Å²) in [5.41, 5.74) is 5.05. The van der Waals surface area contributed by atoms with Crippen molar-refractivity contribution in [1.82, 2.24) is 25.4 Å². The number of hydrazine groups is 1. The smallest absolute Gasteiger partial charge is 0.266 e. The van der Waals surface area contributed by atoms with Gasteiger partial charge in [0.2, 0.25) is 0 Å². The second-order valence-electron chi connectivity index (χ2n) is 4.25. The number of nitrogens with zero attached hydrogens (tertiary/aromatic N) is 4. The molecule has 2 heterocycles. The molecule has 3 rings (SSSR count). The molecule has 0 radical (unpaired) electrons. The number of pyridine rings is 1. The van der Waals surface area contributed by atoms with Gasteiger partial charge < -0.3 is 0 Å². The van der Waals surface area contributed by atoms with E-state index >= 15 is 0 Å². The van der Waals surface area contributed by atoms with Crippen molar-refractivity contribution >= 4 is 16.9 Å². The van der Waals surface area contributed by atoms with Gasteiger partial charge in [0, 0.05) is 6.20 Å². The molecule has 1 aromatic carbocycles. The Morgan fingerprint density at radius 2 is 2.10 bits per heavy atom. The van der Waals surface area contributed by atoms with Crippen molar-refractivity contribution in [2.45, 2.75) is 6.54 Å². The molecule has 3 aromatic rings. The van der Waals surface area contributed by atoms with Crippen LogP contribution in [-0.4, -0.2) is 25.9 Å². The molecule has 100 valence electrons. The number of nitrogens with one attached hydrogen (secondary N) is 1. The predicted molar refractivity (Wildman–Crippen MR) is 72.5 cm³/mol. The van der Waals surface area contributed by atoms with Crippen LogP contribution < -0.4 is 11.3 Å². The molecule has 0 spiro atoms. The van der Waals surface area contributed by atoms with Crippen molar-refractivity contribution < 1.29 is 4.79 Å². The molecule has 0 atom stereocenters. The van der Waals surface area contributed by atoms with E-state index in [0.717, 1.165) is 16.7 Å². The van der Waals surface area contributed by atoms with Gasteiger partial charge in [-0.05, 0) is 24.3 Å². The number of hydrogen-bond acceptors (Lipinski definition) is 5. The Morgan fingerprint density at radius 3 is 2.85 bits per heavy atom. The van der Waals surface area contributed by atoms with E-state index < -0.39 is 0 Å². The second-order valence-corrected chi connectivity index (χ2v) is 4.25. The van der Waals surface area contributed by atoms with E-state index in [0.29, 0.717) is 12.1 Å². The van der Waals surface area contributed by atoms with Crippen molar-refractivity contribution in [3.8, 4) is 0 Å². The topological polar surface area (TPSA) is 98.7 Å². The van der Waals surface area contributed by atoms with Gasteiger partial charge in [0.25, 0.3) is 5.91 Å². The molecule has 7 nitrogen and oxygen atoms in total. The second kappa shape index (κ2) is 5.06. The molecule has 20 heavy (non-hydrogen) atoms. The van der Waals surface area contributed by atoms with Gasteiger partial charge in [0.15, 0.2) is 0 Å². The maximum Gasteiger partial charge on any atom is 0.266 e. The fraction of sp³-hybridized carbons (Fsp3) is 0.0769. The highest BCUT2D eigenvalue weighted by molar-refractivity contribution is 5.93. The van der Waals surface area contributed by atoms with Gasteiger partial charge in [0.05, 0.1) is 23.3 Å². The summed E-state index contributed by atoms with van der Waals surface area (Å²) in [6.45, 7) is 0.491. The quantitative estimate of drug-likeness (QED) is 0.409. The Hall–Kier alpha value is -2.80. The van der Waals surface area contributed by atoms with Crippen molar-refractivity contribution in [2.75, 3.05) is 0 Å². The number of fused-ring (bicyclic) bond motifs is 1. The molecule has 0 saturated heterocycles. The summed E-state index contributed by atoms with van der Waals surface area (Å²) in [6.07, 6.45) is 1.48. The van der Waals surface area contributed by atoms with E-state index in [1.54, 1.807) is 16.8 Å². The zero-order chi connectivity index (χ0) is 13.9. The molecular weight excluding hydrogens is 256 g/mol. The van der Waals surface area contributed by atoms with E-state index in [2.05, 4.69) is 20.7 Å². The van der Waals surface area contributed by atoms with Gasteiger partial charge in [-0.1, -0.05) is 17.3 Å². The van der Waals surface area contributed by atoms with Crippen LogP contribution in [0.3, 0.4) is 0 Å². The summed E-state index contributed by atoms with van der Waals surface area (Å²) in [7, 11) is 0. The van der Waals surface area contributed by atoms with Crippen molar-refractivity contribution in [1.29, 1.82) is 0 Å². The number of benzene rings is 1. The standard InChI is InChI=1S/C13H12N6O/c14-16-13(20)9-5-6-10(15-7-9)8-19-12-4-2-1-3-11(12)17-18-19/h1-7H,8,14H2,(H,16,20). The fourth-order valence-electron chi connectivity index (χ4n) is 1.92. The van der Waals surface area contributed by atoms with E-state index in [-0.39, 0.29) is 5.91 Å². The Morgan fingerprint density at radius 1 is 1.25 bits per heavy atom. The van der Waals surface area contributed by atoms with Crippen LogP contribution in [-0.2, 0) is 6.54 Å². The number of nitrogen functional groups attached to an aromatic ring is 1. The highest BCUT2D eigenvalue weighted by Gasteiger charge is 2.07. The molecular formula is C13H12N6O. The third kappa shape index (κ3) is 2.21. The Kier molecular flexibility index (Phi) is 3.10. The summed E-state index contributed by atoms with van der Waals surface area (Å²) in [5.74, 6) is 4.70. The summed E-state index contributed by atoms with van der Waals surface area (Å²) in [5, 5.41) is 8.17. The van der Waals surface area contributed by atoms with Crippen LogP contribution in [0.25, 0.3) is 11.0 Å². The monoisotopic (exact) mass is 268 g/mol. The van der Waals surface area contributed by atoms with Crippen LogP contribution in [0.2, 0.25) is 0 Å². The fourth-order valence-corrected chi connectivity index (χ4v) is 1.92. The third-order valence-corrected chi connectivity index (χ3v) is 2.95. The number of hydrogen-bond donors (Lipinski definition) is 2. The summed E-state index contributed by atoms with van der Waals surface area (Å²) in [6, 6.07) is 11.1. The highest BCUT2D eigenvalue weighted by Crippen LogP contribution is 2.11. The molecule has 0 aliphatic rings. The molecule has 0 unspecified atom stereocenters. The minimum atomic E-state index is -0.366. The van der Waals surface area contributed by atoms with Gasteiger partial charge in [-0.2, -0.15) is 0 Å². The van der Waals surface area contributed by atoms with Crippen molar-refractivity contribution in [3.63, 3.8) is 0 Å². The Balaban J connectivity index is 1.86. The maximum absolute atomic E-state index is 11.3. The first-order chi connectivity index (χ1) is 9.78. The molecule has 1 amide bonds. The normalized spacial score (nSPS) is 10.7. The van der Waals surface area contributed by atoms with Crippen LogP contribution in [0.1, 0.15) is 16.1 Å². The lowest BCUT2D eigenvalue weighted by atomic mass is 10.2. The van der Waals surface area contributed by atoms with Crippen LogP contribution in [0, 0.1) is 0 Å². The summed E-state index contributed by atoms with van der Waals surface area (Å²) < 4.78 is 1.76. The highest BCUT2D eigenvalue weighted by atomic mass is 16.2. The predicted octanol–water partition coefficient (Wildman–Crippen LogP) is 0.478. The number of aromatic nitrogens is 4. The lowest BCUT2D eigenvalue weighted by Crippen LogP contribution is -2.30. The molecule has 7 heteroatoms. The third-order valence-electron chi connectivity index (χ3n) is 2.95. The van der Waals surface area contributed by atoms with E-state index in [9.17, 15) is 4.79 Å². The zero-order valence-electron chi connectivity index (χ0n) is 10.5. The molecule has 3 N–H and O–H groups in total. The first-order valence-electron chi connectivity index (χ1n) is 6.02. The molecule has 2 aromatic heterocycles. The largest absolute Gasteiger partial charge is 0.290 e. The minimum absolute atomic E-state index is 0.366. The van der Waals surface area contributed by atoms with Crippen molar-refractivity contribution in [3.05, 3.63) is 53.9 Å². The van der Waals surface area contributed by atoms with Gasteiger partial charge in [-0.25, -0.2) is 10.5 Å². The van der Waals surface area contributed by atoms with Crippen LogP contribution in [0.15, 0.2) is 42.6 Å². The molecule has 0 aliphatic carbocycles.